The van der Waals surface area contributed by atoms with Crippen LogP contribution in [0.2, 0.25) is 5.02 Å². The molecule has 0 atom stereocenters. The van der Waals surface area contributed by atoms with Crippen LogP contribution in [0.4, 0.5) is 5.69 Å². The van der Waals surface area contributed by atoms with Gasteiger partial charge in [0, 0.05) is 16.3 Å². The number of esters is 1. The Labute approximate surface area is 145 Å². The summed E-state index contributed by atoms with van der Waals surface area (Å²) in [5.74, 6) is -0.130. The van der Waals surface area contributed by atoms with Crippen molar-refractivity contribution in [2.45, 2.75) is 6.92 Å². The first-order valence-corrected chi connectivity index (χ1v) is 7.80. The van der Waals surface area contributed by atoms with Crippen LogP contribution in [0.5, 0.6) is 5.75 Å². The van der Waals surface area contributed by atoms with Crippen LogP contribution in [0.25, 0.3) is 0 Å². The number of benzene rings is 2. The van der Waals surface area contributed by atoms with Gasteiger partial charge in [0.15, 0.2) is 0 Å². The topological polar surface area (TPSA) is 55.8 Å². The smallest absolute Gasteiger partial charge is 0.326 e. The average Bonchev–Trinajstić information content (AvgIpc) is 2.60. The standard InChI is InChI=1S/C18H18ClNO4/c1-3-24-17(21)12-20(15-8-10-16(23-2)11-9-15)18(22)13-4-6-14(19)7-5-13/h4-11H,3,12H2,1-2H3. The molecule has 0 aliphatic rings. The lowest BCUT2D eigenvalue weighted by atomic mass is 10.1. The minimum Gasteiger partial charge on any atom is -0.497 e. The van der Waals surface area contributed by atoms with Gasteiger partial charge in [-0.2, -0.15) is 0 Å². The molecule has 24 heavy (non-hydrogen) atoms. The SMILES string of the molecule is CCOC(=O)CN(C(=O)c1ccc(Cl)cc1)c1ccc(OC)cc1. The molecule has 6 heteroatoms. The van der Waals surface area contributed by atoms with Crippen LogP contribution in [0, 0.1) is 0 Å². The molecule has 0 fully saturated rings. The van der Waals surface area contributed by atoms with E-state index in [9.17, 15) is 9.59 Å². The predicted molar refractivity (Wildman–Crippen MR) is 92.8 cm³/mol. The van der Waals surface area contributed by atoms with Crippen molar-refractivity contribution < 1.29 is 19.1 Å². The van der Waals surface area contributed by atoms with Gasteiger partial charge in [-0.05, 0) is 55.5 Å². The molecule has 0 aromatic heterocycles. The van der Waals surface area contributed by atoms with Gasteiger partial charge in [0.25, 0.3) is 5.91 Å². The highest BCUT2D eigenvalue weighted by molar-refractivity contribution is 6.30. The molecule has 2 rings (SSSR count). The fraction of sp³-hybridized carbons (Fsp3) is 0.222. The number of anilines is 1. The molecule has 2 aromatic rings. The predicted octanol–water partition coefficient (Wildman–Crippen LogP) is 3.56. The summed E-state index contributed by atoms with van der Waals surface area (Å²) in [7, 11) is 1.56. The Bertz CT molecular complexity index is 698. The molecule has 5 nitrogen and oxygen atoms in total. The first-order valence-electron chi connectivity index (χ1n) is 7.42. The molecule has 0 unspecified atom stereocenters. The maximum atomic E-state index is 12.8. The Balaban J connectivity index is 2.31. The molecule has 1 amide bonds. The summed E-state index contributed by atoms with van der Waals surface area (Å²) in [5.41, 5.74) is 1.00. The number of methoxy groups -OCH3 is 1. The Kier molecular flexibility index (Phi) is 6.21. The van der Waals surface area contributed by atoms with Gasteiger partial charge >= 0.3 is 5.97 Å². The van der Waals surface area contributed by atoms with Crippen LogP contribution in [0.3, 0.4) is 0 Å². The summed E-state index contributed by atoms with van der Waals surface area (Å²) in [5, 5.41) is 0.535. The highest BCUT2D eigenvalue weighted by atomic mass is 35.5. The van der Waals surface area contributed by atoms with E-state index in [1.165, 1.54) is 4.90 Å². The van der Waals surface area contributed by atoms with Crippen molar-refractivity contribution in [3.05, 3.63) is 59.1 Å². The van der Waals surface area contributed by atoms with Crippen LogP contribution < -0.4 is 9.64 Å². The zero-order valence-electron chi connectivity index (χ0n) is 13.5. The van der Waals surface area contributed by atoms with Crippen molar-refractivity contribution in [2.24, 2.45) is 0 Å². The van der Waals surface area contributed by atoms with Gasteiger partial charge in [0.2, 0.25) is 0 Å². The van der Waals surface area contributed by atoms with E-state index in [0.29, 0.717) is 22.0 Å². The van der Waals surface area contributed by atoms with E-state index in [-0.39, 0.29) is 19.1 Å². The molecule has 0 spiro atoms. The fourth-order valence-electron chi connectivity index (χ4n) is 2.13. The van der Waals surface area contributed by atoms with Gasteiger partial charge in [-0.15, -0.1) is 0 Å². The summed E-state index contributed by atoms with van der Waals surface area (Å²) >= 11 is 5.86. The molecule has 0 radical (unpaired) electrons. The average molecular weight is 348 g/mol. The molecule has 126 valence electrons. The lowest BCUT2D eigenvalue weighted by molar-refractivity contribution is -0.141. The second-order valence-electron chi connectivity index (χ2n) is 4.90. The van der Waals surface area contributed by atoms with Crippen molar-refractivity contribution in [1.29, 1.82) is 0 Å². The zero-order valence-corrected chi connectivity index (χ0v) is 14.2. The minimum atomic E-state index is -0.476. The number of carbonyl (C=O) groups is 2. The molecule has 0 aliphatic heterocycles. The maximum Gasteiger partial charge on any atom is 0.326 e. The van der Waals surface area contributed by atoms with Crippen molar-refractivity contribution in [2.75, 3.05) is 25.2 Å². The number of nitrogens with zero attached hydrogens (tertiary/aromatic N) is 1. The van der Waals surface area contributed by atoms with E-state index in [0.717, 1.165) is 0 Å². The third-order valence-electron chi connectivity index (χ3n) is 3.31. The Morgan fingerprint density at radius 3 is 2.21 bits per heavy atom. The summed E-state index contributed by atoms with van der Waals surface area (Å²) in [6, 6.07) is 13.4. The van der Waals surface area contributed by atoms with E-state index < -0.39 is 5.97 Å². The maximum absolute atomic E-state index is 12.8. The van der Waals surface area contributed by atoms with Gasteiger partial charge in [-0.1, -0.05) is 11.6 Å². The monoisotopic (exact) mass is 347 g/mol. The third kappa shape index (κ3) is 4.49. The van der Waals surface area contributed by atoms with E-state index in [1.807, 2.05) is 0 Å². The van der Waals surface area contributed by atoms with Gasteiger partial charge in [-0.25, -0.2) is 0 Å². The highest BCUT2D eigenvalue weighted by Gasteiger charge is 2.21. The normalized spacial score (nSPS) is 10.1. The molecule has 0 bridgehead atoms. The molecule has 0 aliphatic carbocycles. The van der Waals surface area contributed by atoms with Crippen molar-refractivity contribution >= 4 is 29.2 Å². The number of amides is 1. The van der Waals surface area contributed by atoms with E-state index in [4.69, 9.17) is 21.1 Å². The van der Waals surface area contributed by atoms with E-state index >= 15 is 0 Å². The molecular weight excluding hydrogens is 330 g/mol. The van der Waals surface area contributed by atoms with Crippen molar-refractivity contribution in [3.8, 4) is 5.75 Å². The van der Waals surface area contributed by atoms with Gasteiger partial charge in [0.05, 0.1) is 13.7 Å². The second kappa shape index (κ2) is 8.36. The third-order valence-corrected chi connectivity index (χ3v) is 3.56. The lowest BCUT2D eigenvalue weighted by Crippen LogP contribution is -2.36. The summed E-state index contributed by atoms with van der Waals surface area (Å²) in [4.78, 5) is 26.0. The molecule has 0 heterocycles. The Hall–Kier alpha value is -2.53. The largest absolute Gasteiger partial charge is 0.497 e. The molecular formula is C18H18ClNO4. The van der Waals surface area contributed by atoms with Crippen LogP contribution in [0.15, 0.2) is 48.5 Å². The second-order valence-corrected chi connectivity index (χ2v) is 5.34. The minimum absolute atomic E-state index is 0.179. The number of halogens is 1. The van der Waals surface area contributed by atoms with E-state index in [1.54, 1.807) is 62.6 Å². The molecule has 0 saturated carbocycles. The van der Waals surface area contributed by atoms with E-state index in [2.05, 4.69) is 0 Å². The van der Waals surface area contributed by atoms with Crippen molar-refractivity contribution in [3.63, 3.8) is 0 Å². The zero-order chi connectivity index (χ0) is 17.5. The number of rotatable bonds is 6. The quantitative estimate of drug-likeness (QED) is 0.750. The fourth-order valence-corrected chi connectivity index (χ4v) is 2.25. The lowest BCUT2D eigenvalue weighted by Gasteiger charge is -2.22. The Morgan fingerprint density at radius 2 is 1.67 bits per heavy atom. The van der Waals surface area contributed by atoms with Gasteiger partial charge < -0.3 is 9.47 Å². The molecule has 0 N–H and O–H groups in total. The van der Waals surface area contributed by atoms with Crippen LogP contribution in [-0.4, -0.2) is 32.1 Å². The van der Waals surface area contributed by atoms with Crippen LogP contribution in [0.1, 0.15) is 17.3 Å². The number of hydrogen-bond acceptors (Lipinski definition) is 4. The highest BCUT2D eigenvalue weighted by Crippen LogP contribution is 2.22. The van der Waals surface area contributed by atoms with Crippen molar-refractivity contribution in [1.82, 2.24) is 0 Å². The number of carbonyl (C=O) groups excluding carboxylic acids is 2. The first kappa shape index (κ1) is 17.8. The van der Waals surface area contributed by atoms with Crippen LogP contribution in [-0.2, 0) is 9.53 Å². The Morgan fingerprint density at radius 1 is 1.04 bits per heavy atom. The molecule has 2 aromatic carbocycles. The van der Waals surface area contributed by atoms with Gasteiger partial charge in [-0.3, -0.25) is 14.5 Å². The summed E-state index contributed by atoms with van der Waals surface area (Å²) in [6.07, 6.45) is 0. The summed E-state index contributed by atoms with van der Waals surface area (Å²) < 4.78 is 10.1. The number of ether oxygens (including phenoxy) is 2. The van der Waals surface area contributed by atoms with Crippen LogP contribution >= 0.6 is 11.6 Å². The first-order chi connectivity index (χ1) is 11.5. The van der Waals surface area contributed by atoms with Gasteiger partial charge in [0.1, 0.15) is 12.3 Å². The molecule has 0 saturated heterocycles. The number of hydrogen-bond donors (Lipinski definition) is 0. The summed E-state index contributed by atoms with van der Waals surface area (Å²) in [6.45, 7) is 1.79.